The first-order chi connectivity index (χ1) is 17.5. The zero-order valence-electron chi connectivity index (χ0n) is 19.8. The minimum atomic E-state index is -0.906. The summed E-state index contributed by atoms with van der Waals surface area (Å²) in [5.41, 5.74) is 3.31. The summed E-state index contributed by atoms with van der Waals surface area (Å²) in [6.45, 7) is 2.43. The number of para-hydroxylation sites is 3. The van der Waals surface area contributed by atoms with Crippen LogP contribution in [0, 0.1) is 0 Å². The number of ether oxygens (including phenoxy) is 1. The standard InChI is InChI=1S/C29H25N3O4/c1-18-14-20-10-7-11-21-26(20)31(18)16-22(27(21)33)29(35)32-17-25(36-24-13-6-5-12-23(24)32)28(34)30-15-19-8-3-2-4-9-19/h2-13,16,18,25H,14-15,17H2,1H3,(H,30,34)/t18-,25+/m0/s1. The number of hydrogen-bond acceptors (Lipinski definition) is 4. The Labute approximate surface area is 207 Å². The number of fused-ring (bicyclic) bond motifs is 1. The average Bonchev–Trinajstić information content (AvgIpc) is 3.24. The predicted molar refractivity (Wildman–Crippen MR) is 137 cm³/mol. The molecule has 2 aliphatic rings. The van der Waals surface area contributed by atoms with Crippen LogP contribution in [0.15, 0.2) is 83.8 Å². The van der Waals surface area contributed by atoms with Crippen molar-refractivity contribution in [2.45, 2.75) is 32.0 Å². The molecule has 0 radical (unpaired) electrons. The smallest absolute Gasteiger partial charge is 0.264 e. The molecule has 3 heterocycles. The van der Waals surface area contributed by atoms with Gasteiger partial charge in [-0.05, 0) is 42.7 Å². The molecule has 7 nitrogen and oxygen atoms in total. The van der Waals surface area contributed by atoms with E-state index in [0.29, 0.717) is 23.4 Å². The van der Waals surface area contributed by atoms with E-state index in [1.54, 1.807) is 36.5 Å². The molecule has 0 saturated heterocycles. The number of carbonyl (C=O) groups excluding carboxylic acids is 2. The molecule has 180 valence electrons. The number of nitrogens with zero attached hydrogens (tertiary/aromatic N) is 2. The molecule has 36 heavy (non-hydrogen) atoms. The molecule has 2 amide bonds. The molecule has 4 aromatic rings. The molecule has 0 saturated carbocycles. The van der Waals surface area contributed by atoms with Gasteiger partial charge in [0.25, 0.3) is 11.8 Å². The second-order valence-corrected chi connectivity index (χ2v) is 9.34. The van der Waals surface area contributed by atoms with Gasteiger partial charge in [-0.15, -0.1) is 0 Å². The lowest BCUT2D eigenvalue weighted by molar-refractivity contribution is -0.127. The maximum absolute atomic E-state index is 13.9. The summed E-state index contributed by atoms with van der Waals surface area (Å²) < 4.78 is 8.00. The Bertz CT molecular complexity index is 1560. The largest absolute Gasteiger partial charge is 0.477 e. The van der Waals surface area contributed by atoms with E-state index in [1.165, 1.54) is 4.90 Å². The topological polar surface area (TPSA) is 80.6 Å². The number of carbonyl (C=O) groups is 2. The van der Waals surface area contributed by atoms with E-state index < -0.39 is 12.0 Å². The molecule has 6 rings (SSSR count). The number of rotatable bonds is 4. The third kappa shape index (κ3) is 3.64. The Balaban J connectivity index is 1.34. The van der Waals surface area contributed by atoms with Crippen LogP contribution in [-0.2, 0) is 17.8 Å². The third-order valence-electron chi connectivity index (χ3n) is 6.98. The predicted octanol–water partition coefficient (Wildman–Crippen LogP) is 3.84. The van der Waals surface area contributed by atoms with Gasteiger partial charge >= 0.3 is 0 Å². The Morgan fingerprint density at radius 2 is 1.78 bits per heavy atom. The Morgan fingerprint density at radius 3 is 2.61 bits per heavy atom. The van der Waals surface area contributed by atoms with Crippen molar-refractivity contribution in [1.82, 2.24) is 9.88 Å². The van der Waals surface area contributed by atoms with Crippen LogP contribution in [0.4, 0.5) is 5.69 Å². The van der Waals surface area contributed by atoms with Crippen molar-refractivity contribution < 1.29 is 14.3 Å². The summed E-state index contributed by atoms with van der Waals surface area (Å²) in [4.78, 5) is 41.9. The Morgan fingerprint density at radius 1 is 1.00 bits per heavy atom. The van der Waals surface area contributed by atoms with Gasteiger partial charge in [-0.3, -0.25) is 14.4 Å². The molecule has 2 aliphatic heterocycles. The lowest BCUT2D eigenvalue weighted by atomic mass is 10.1. The molecule has 0 spiro atoms. The van der Waals surface area contributed by atoms with E-state index in [1.807, 2.05) is 47.0 Å². The van der Waals surface area contributed by atoms with E-state index in [-0.39, 0.29) is 29.5 Å². The van der Waals surface area contributed by atoms with Gasteiger partial charge in [0.2, 0.25) is 5.43 Å². The van der Waals surface area contributed by atoms with Gasteiger partial charge in [0.15, 0.2) is 6.10 Å². The maximum Gasteiger partial charge on any atom is 0.264 e. The fourth-order valence-electron chi connectivity index (χ4n) is 5.18. The summed E-state index contributed by atoms with van der Waals surface area (Å²) in [6.07, 6.45) is 1.59. The fourth-order valence-corrected chi connectivity index (χ4v) is 5.18. The van der Waals surface area contributed by atoms with E-state index in [2.05, 4.69) is 12.2 Å². The van der Waals surface area contributed by atoms with E-state index in [4.69, 9.17) is 4.74 Å². The minimum Gasteiger partial charge on any atom is -0.477 e. The fraction of sp³-hybridized carbons (Fsp3) is 0.207. The molecule has 0 aliphatic carbocycles. The zero-order chi connectivity index (χ0) is 24.8. The highest BCUT2D eigenvalue weighted by Crippen LogP contribution is 2.35. The number of nitrogens with one attached hydrogen (secondary N) is 1. The van der Waals surface area contributed by atoms with Crippen LogP contribution in [0.5, 0.6) is 5.75 Å². The first-order valence-electron chi connectivity index (χ1n) is 12.1. The van der Waals surface area contributed by atoms with E-state index >= 15 is 0 Å². The summed E-state index contributed by atoms with van der Waals surface area (Å²) in [6, 6.07) is 22.5. The van der Waals surface area contributed by atoms with Crippen LogP contribution in [0.2, 0.25) is 0 Å². The van der Waals surface area contributed by atoms with Crippen LogP contribution < -0.4 is 20.4 Å². The van der Waals surface area contributed by atoms with Gasteiger partial charge in [0, 0.05) is 24.2 Å². The highest BCUT2D eigenvalue weighted by atomic mass is 16.5. The highest BCUT2D eigenvalue weighted by molar-refractivity contribution is 6.09. The number of hydrogen-bond donors (Lipinski definition) is 1. The molecule has 2 atom stereocenters. The van der Waals surface area contributed by atoms with Crippen LogP contribution in [0.25, 0.3) is 10.9 Å². The summed E-state index contributed by atoms with van der Waals surface area (Å²) in [5.74, 6) is -0.330. The third-order valence-corrected chi connectivity index (χ3v) is 6.98. The van der Waals surface area contributed by atoms with Gasteiger partial charge in [0.1, 0.15) is 11.3 Å². The first kappa shape index (κ1) is 22.1. The van der Waals surface area contributed by atoms with Gasteiger partial charge in [-0.25, -0.2) is 0 Å². The highest BCUT2D eigenvalue weighted by Gasteiger charge is 2.36. The number of aromatic nitrogens is 1. The normalized spacial score (nSPS) is 18.0. The maximum atomic E-state index is 13.9. The van der Waals surface area contributed by atoms with Crippen molar-refractivity contribution >= 4 is 28.4 Å². The number of benzene rings is 3. The molecular weight excluding hydrogens is 454 g/mol. The van der Waals surface area contributed by atoms with Crippen LogP contribution in [0.3, 0.4) is 0 Å². The van der Waals surface area contributed by atoms with Gasteiger partial charge in [0.05, 0.1) is 17.7 Å². The lowest BCUT2D eigenvalue weighted by Gasteiger charge is -2.34. The van der Waals surface area contributed by atoms with Crippen LogP contribution in [0.1, 0.15) is 34.5 Å². The van der Waals surface area contributed by atoms with Crippen molar-refractivity contribution in [2.24, 2.45) is 0 Å². The first-order valence-corrected chi connectivity index (χ1v) is 12.1. The molecular formula is C29H25N3O4. The number of amides is 2. The van der Waals surface area contributed by atoms with Crippen molar-refractivity contribution in [3.8, 4) is 5.75 Å². The molecule has 3 aromatic carbocycles. The van der Waals surface area contributed by atoms with Gasteiger partial charge < -0.3 is 19.5 Å². The second-order valence-electron chi connectivity index (χ2n) is 9.34. The Kier molecular flexibility index (Phi) is 5.33. The Hall–Kier alpha value is -4.39. The van der Waals surface area contributed by atoms with Gasteiger partial charge in [-0.1, -0.05) is 54.6 Å². The summed E-state index contributed by atoms with van der Waals surface area (Å²) >= 11 is 0. The number of anilines is 1. The molecule has 0 fully saturated rings. The molecule has 1 N–H and O–H groups in total. The number of pyridine rings is 1. The van der Waals surface area contributed by atoms with Gasteiger partial charge in [-0.2, -0.15) is 0 Å². The molecule has 1 aromatic heterocycles. The van der Waals surface area contributed by atoms with Crippen LogP contribution in [-0.4, -0.2) is 29.0 Å². The monoisotopic (exact) mass is 479 g/mol. The van der Waals surface area contributed by atoms with Crippen molar-refractivity contribution in [3.05, 3.63) is 106 Å². The molecule has 0 unspecified atom stereocenters. The quantitative estimate of drug-likeness (QED) is 0.482. The molecule has 0 bridgehead atoms. The van der Waals surface area contributed by atoms with Crippen molar-refractivity contribution in [2.75, 3.05) is 11.4 Å². The van der Waals surface area contributed by atoms with E-state index in [0.717, 1.165) is 23.1 Å². The summed E-state index contributed by atoms with van der Waals surface area (Å²) in [5, 5.41) is 3.44. The minimum absolute atomic E-state index is 0.00351. The lowest BCUT2D eigenvalue weighted by Crippen LogP contribution is -2.51. The average molecular weight is 480 g/mol. The second kappa shape index (κ2) is 8.68. The molecule has 7 heteroatoms. The van der Waals surface area contributed by atoms with Crippen molar-refractivity contribution in [3.63, 3.8) is 0 Å². The van der Waals surface area contributed by atoms with E-state index in [9.17, 15) is 14.4 Å². The van der Waals surface area contributed by atoms with Crippen molar-refractivity contribution in [1.29, 1.82) is 0 Å². The van der Waals surface area contributed by atoms with Crippen LogP contribution >= 0.6 is 0 Å². The summed E-state index contributed by atoms with van der Waals surface area (Å²) in [7, 11) is 0. The SMILES string of the molecule is C[C@H]1Cc2cccc3c(=O)c(C(=O)N4C[C@H](C(=O)NCc5ccccc5)Oc5ccccc54)cn1c23. The zero-order valence-corrected chi connectivity index (χ0v) is 19.8.